The van der Waals surface area contributed by atoms with E-state index >= 15 is 0 Å². The summed E-state index contributed by atoms with van der Waals surface area (Å²) >= 11 is 6.20. The molecule has 0 spiro atoms. The van der Waals surface area contributed by atoms with Gasteiger partial charge in [-0.15, -0.1) is 0 Å². The van der Waals surface area contributed by atoms with E-state index in [1.54, 1.807) is 50.2 Å². The number of sulfonamides is 1. The minimum atomic E-state index is -3.97. The number of nitrogens with zero attached hydrogens (tertiary/aromatic N) is 1. The molecule has 0 fully saturated rings. The van der Waals surface area contributed by atoms with E-state index in [2.05, 4.69) is 5.32 Å². The standard InChI is InChI=1S/C16H15ClN2O3S/c1-10-6-5-9-14(15(10)17)23(21,22)19-11(2)16(20)18-12-7-3-4-8-13(12)19/h3-9,11H,1-2H3,(H,18,20)/t11-/m1/s1. The number of carbonyl (C=O) groups is 1. The van der Waals surface area contributed by atoms with Crippen molar-refractivity contribution in [1.82, 2.24) is 0 Å². The van der Waals surface area contributed by atoms with Gasteiger partial charge in [0.1, 0.15) is 10.9 Å². The Morgan fingerprint density at radius 2 is 1.83 bits per heavy atom. The van der Waals surface area contributed by atoms with Gasteiger partial charge in [0.25, 0.3) is 10.0 Å². The van der Waals surface area contributed by atoms with Gasteiger partial charge in [-0.05, 0) is 37.6 Å². The third-order valence-electron chi connectivity index (χ3n) is 3.82. The van der Waals surface area contributed by atoms with Crippen molar-refractivity contribution in [2.75, 3.05) is 9.62 Å². The fourth-order valence-corrected chi connectivity index (χ4v) is 4.79. The summed E-state index contributed by atoms with van der Waals surface area (Å²) in [6.07, 6.45) is 0. The molecule has 1 heterocycles. The number of rotatable bonds is 2. The zero-order valence-corrected chi connectivity index (χ0v) is 14.1. The smallest absolute Gasteiger partial charge is 0.266 e. The molecule has 5 nitrogen and oxygen atoms in total. The highest BCUT2D eigenvalue weighted by Gasteiger charge is 2.39. The molecule has 0 bridgehead atoms. The van der Waals surface area contributed by atoms with E-state index in [-0.39, 0.29) is 15.8 Å². The fourth-order valence-electron chi connectivity index (χ4n) is 2.59. The van der Waals surface area contributed by atoms with Gasteiger partial charge in [0.15, 0.2) is 0 Å². The molecule has 120 valence electrons. The molecule has 2 aromatic carbocycles. The summed E-state index contributed by atoms with van der Waals surface area (Å²) in [5, 5.41) is 2.88. The number of carbonyl (C=O) groups excluding carboxylic acids is 1. The van der Waals surface area contributed by atoms with E-state index in [0.717, 1.165) is 4.31 Å². The van der Waals surface area contributed by atoms with Gasteiger partial charge in [0.05, 0.1) is 16.4 Å². The first-order valence-corrected chi connectivity index (χ1v) is 8.85. The van der Waals surface area contributed by atoms with E-state index in [9.17, 15) is 13.2 Å². The molecule has 0 saturated carbocycles. The summed E-state index contributed by atoms with van der Waals surface area (Å²) in [6.45, 7) is 3.29. The van der Waals surface area contributed by atoms with Crippen molar-refractivity contribution in [2.24, 2.45) is 0 Å². The second-order valence-electron chi connectivity index (χ2n) is 5.37. The predicted molar refractivity (Wildman–Crippen MR) is 90.4 cm³/mol. The molecule has 1 aliphatic heterocycles. The maximum Gasteiger partial charge on any atom is 0.266 e. The minimum absolute atomic E-state index is 0.00415. The lowest BCUT2D eigenvalue weighted by atomic mass is 10.1. The van der Waals surface area contributed by atoms with Gasteiger partial charge in [0.2, 0.25) is 5.91 Å². The topological polar surface area (TPSA) is 66.5 Å². The molecule has 23 heavy (non-hydrogen) atoms. The first-order chi connectivity index (χ1) is 10.8. The molecule has 0 saturated heterocycles. The van der Waals surface area contributed by atoms with Crippen molar-refractivity contribution in [2.45, 2.75) is 24.8 Å². The summed E-state index contributed by atoms with van der Waals surface area (Å²) in [5.74, 6) is -0.379. The molecule has 0 radical (unpaired) electrons. The summed E-state index contributed by atoms with van der Waals surface area (Å²) < 4.78 is 27.4. The summed E-state index contributed by atoms with van der Waals surface area (Å²) in [6, 6.07) is 10.7. The SMILES string of the molecule is Cc1cccc(S(=O)(=O)N2c3ccccc3NC(=O)[C@H]2C)c1Cl. The number of nitrogens with one attached hydrogen (secondary N) is 1. The third-order valence-corrected chi connectivity index (χ3v) is 6.36. The number of halogens is 1. The van der Waals surface area contributed by atoms with Crippen LogP contribution in [-0.2, 0) is 14.8 Å². The van der Waals surface area contributed by atoms with Crippen LogP contribution in [0.5, 0.6) is 0 Å². The van der Waals surface area contributed by atoms with Crippen LogP contribution in [0.2, 0.25) is 5.02 Å². The second-order valence-corrected chi connectivity index (χ2v) is 7.53. The van der Waals surface area contributed by atoms with Crippen molar-refractivity contribution in [3.8, 4) is 0 Å². The Labute approximate surface area is 139 Å². The predicted octanol–water partition coefficient (Wildman–Crippen LogP) is 3.18. The van der Waals surface area contributed by atoms with Crippen molar-refractivity contribution >= 4 is 38.9 Å². The van der Waals surface area contributed by atoms with E-state index < -0.39 is 16.1 Å². The second kappa shape index (κ2) is 5.54. The highest BCUT2D eigenvalue weighted by molar-refractivity contribution is 7.93. The lowest BCUT2D eigenvalue weighted by Gasteiger charge is -2.35. The maximum atomic E-state index is 13.1. The van der Waals surface area contributed by atoms with Gasteiger partial charge in [-0.25, -0.2) is 8.42 Å². The van der Waals surface area contributed by atoms with E-state index in [4.69, 9.17) is 11.6 Å². The average Bonchev–Trinajstić information content (AvgIpc) is 2.50. The monoisotopic (exact) mass is 350 g/mol. The molecule has 3 rings (SSSR count). The summed E-state index contributed by atoms with van der Waals surface area (Å²) in [4.78, 5) is 12.1. The lowest BCUT2D eigenvalue weighted by Crippen LogP contribution is -2.49. The van der Waals surface area contributed by atoms with Crippen LogP contribution in [0.1, 0.15) is 12.5 Å². The van der Waals surface area contributed by atoms with Crippen LogP contribution in [0.25, 0.3) is 0 Å². The number of fused-ring (bicyclic) bond motifs is 1. The average molecular weight is 351 g/mol. The quantitative estimate of drug-likeness (QED) is 0.904. The Bertz CT molecular complexity index is 896. The number of hydrogen-bond donors (Lipinski definition) is 1. The van der Waals surface area contributed by atoms with Gasteiger partial charge in [-0.2, -0.15) is 0 Å². The molecule has 2 aromatic rings. The van der Waals surface area contributed by atoms with Crippen LogP contribution in [-0.4, -0.2) is 20.4 Å². The molecule has 1 amide bonds. The zero-order chi connectivity index (χ0) is 16.8. The highest BCUT2D eigenvalue weighted by atomic mass is 35.5. The number of aryl methyl sites for hydroxylation is 1. The minimum Gasteiger partial charge on any atom is -0.322 e. The van der Waals surface area contributed by atoms with Crippen molar-refractivity contribution in [3.05, 3.63) is 53.1 Å². The molecule has 1 N–H and O–H groups in total. The Morgan fingerprint density at radius 3 is 2.57 bits per heavy atom. The Kier molecular flexibility index (Phi) is 3.82. The zero-order valence-electron chi connectivity index (χ0n) is 12.6. The van der Waals surface area contributed by atoms with Gasteiger partial charge >= 0.3 is 0 Å². The number of anilines is 2. The number of amides is 1. The molecule has 0 unspecified atom stereocenters. The van der Waals surface area contributed by atoms with E-state index in [0.29, 0.717) is 16.9 Å². The fraction of sp³-hybridized carbons (Fsp3) is 0.188. The first kappa shape index (κ1) is 15.8. The normalized spacial score (nSPS) is 17.6. The third kappa shape index (κ3) is 2.48. The first-order valence-electron chi connectivity index (χ1n) is 7.03. The number of benzene rings is 2. The number of hydrogen-bond acceptors (Lipinski definition) is 3. The molecule has 1 aliphatic rings. The van der Waals surface area contributed by atoms with Crippen molar-refractivity contribution in [3.63, 3.8) is 0 Å². The van der Waals surface area contributed by atoms with E-state index in [1.807, 2.05) is 0 Å². The summed E-state index contributed by atoms with van der Waals surface area (Å²) in [5.41, 5.74) is 1.55. The Morgan fingerprint density at radius 1 is 1.13 bits per heavy atom. The van der Waals surface area contributed by atoms with Crippen LogP contribution < -0.4 is 9.62 Å². The highest BCUT2D eigenvalue weighted by Crippen LogP contribution is 2.38. The van der Waals surface area contributed by atoms with Crippen LogP contribution in [0.15, 0.2) is 47.4 Å². The van der Waals surface area contributed by atoms with Crippen LogP contribution in [0.3, 0.4) is 0 Å². The van der Waals surface area contributed by atoms with E-state index in [1.165, 1.54) is 6.07 Å². The Balaban J connectivity index is 2.23. The van der Waals surface area contributed by atoms with Crippen molar-refractivity contribution < 1.29 is 13.2 Å². The maximum absolute atomic E-state index is 13.1. The van der Waals surface area contributed by atoms with Gasteiger partial charge < -0.3 is 5.32 Å². The van der Waals surface area contributed by atoms with Gasteiger partial charge in [-0.1, -0.05) is 35.9 Å². The molecule has 7 heteroatoms. The molecule has 0 aromatic heterocycles. The molecular weight excluding hydrogens is 336 g/mol. The summed E-state index contributed by atoms with van der Waals surface area (Å²) in [7, 11) is -3.97. The van der Waals surface area contributed by atoms with Crippen molar-refractivity contribution in [1.29, 1.82) is 0 Å². The molecule has 0 aliphatic carbocycles. The van der Waals surface area contributed by atoms with Crippen LogP contribution in [0.4, 0.5) is 11.4 Å². The molecular formula is C16H15ClN2O3S. The molecule has 1 atom stereocenters. The van der Waals surface area contributed by atoms with Gasteiger partial charge in [0, 0.05) is 0 Å². The lowest BCUT2D eigenvalue weighted by molar-refractivity contribution is -0.117. The van der Waals surface area contributed by atoms with Crippen LogP contribution in [0, 0.1) is 6.92 Å². The largest absolute Gasteiger partial charge is 0.322 e. The van der Waals surface area contributed by atoms with Gasteiger partial charge in [-0.3, -0.25) is 9.10 Å². The Hall–Kier alpha value is -2.05. The number of para-hydroxylation sites is 2. The van der Waals surface area contributed by atoms with Crippen LogP contribution >= 0.6 is 11.6 Å².